The molecule has 0 saturated heterocycles. The van der Waals surface area contributed by atoms with Crippen molar-refractivity contribution in [3.63, 3.8) is 0 Å². The molecule has 8 heteroatoms. The van der Waals surface area contributed by atoms with Crippen molar-refractivity contribution >= 4 is 53.8 Å². The molecule has 0 saturated carbocycles. The van der Waals surface area contributed by atoms with E-state index in [-0.39, 0.29) is 18.8 Å². The number of carbonyl (C=O) groups excluding carboxylic acids is 1. The summed E-state index contributed by atoms with van der Waals surface area (Å²) >= 11 is 8.65. The van der Waals surface area contributed by atoms with E-state index >= 15 is 0 Å². The van der Waals surface area contributed by atoms with E-state index in [9.17, 15) is 18.0 Å². The third kappa shape index (κ3) is 6.64. The largest absolute Gasteiger partial charge is 0.466 e. The quantitative estimate of drug-likeness (QED) is 0.345. The van der Waals surface area contributed by atoms with E-state index in [1.54, 1.807) is 6.92 Å². The molecular formula is C12H18Br3F3O2. The monoisotopic (exact) mass is 488 g/mol. The lowest BCUT2D eigenvalue weighted by atomic mass is 9.82. The number of esters is 1. The molecule has 2 nitrogen and oxygen atoms in total. The maximum absolute atomic E-state index is 12.8. The van der Waals surface area contributed by atoms with Gasteiger partial charge in [-0.3, -0.25) is 4.79 Å². The lowest BCUT2D eigenvalue weighted by Crippen LogP contribution is -2.39. The first-order valence-corrected chi connectivity index (χ1v) is 8.58. The summed E-state index contributed by atoms with van der Waals surface area (Å²) in [5, 5.41) is 0. The minimum absolute atomic E-state index is 0.187. The lowest BCUT2D eigenvalue weighted by Gasteiger charge is -2.35. The van der Waals surface area contributed by atoms with E-state index in [4.69, 9.17) is 4.74 Å². The van der Waals surface area contributed by atoms with Crippen LogP contribution >= 0.6 is 47.8 Å². The molecule has 1 atom stereocenters. The van der Waals surface area contributed by atoms with Crippen LogP contribution in [0, 0.1) is 5.41 Å². The van der Waals surface area contributed by atoms with Gasteiger partial charge in [-0.1, -0.05) is 61.6 Å². The second-order valence-electron chi connectivity index (χ2n) is 5.17. The highest BCUT2D eigenvalue weighted by atomic mass is 79.9. The van der Waals surface area contributed by atoms with Gasteiger partial charge in [0.05, 0.1) is 6.61 Å². The Morgan fingerprint density at radius 1 is 1.25 bits per heavy atom. The van der Waals surface area contributed by atoms with Crippen molar-refractivity contribution in [3.05, 3.63) is 0 Å². The average Bonchev–Trinajstić information content (AvgIpc) is 2.24. The maximum Gasteiger partial charge on any atom is 0.413 e. The molecule has 0 radical (unpaired) electrons. The van der Waals surface area contributed by atoms with Gasteiger partial charge >= 0.3 is 12.1 Å². The molecule has 0 N–H and O–H groups in total. The van der Waals surface area contributed by atoms with Crippen LogP contribution in [0.3, 0.4) is 0 Å². The first-order valence-electron chi connectivity index (χ1n) is 6.07. The second-order valence-corrected chi connectivity index (χ2v) is 10.0. The highest BCUT2D eigenvalue weighted by Crippen LogP contribution is 2.50. The lowest BCUT2D eigenvalue weighted by molar-refractivity contribution is -0.144. The fourth-order valence-corrected chi connectivity index (χ4v) is 3.66. The molecule has 0 aliphatic rings. The fraction of sp³-hybridized carbons (Fsp3) is 0.917. The van der Waals surface area contributed by atoms with Crippen LogP contribution in [0.2, 0.25) is 0 Å². The summed E-state index contributed by atoms with van der Waals surface area (Å²) < 4.78 is 41.1. The minimum atomic E-state index is -4.41. The number of ether oxygens (including phenoxy) is 1. The summed E-state index contributed by atoms with van der Waals surface area (Å²) in [5.41, 5.74) is -0.481. The van der Waals surface area contributed by atoms with Crippen LogP contribution < -0.4 is 0 Å². The molecule has 120 valence electrons. The van der Waals surface area contributed by atoms with Crippen molar-refractivity contribution < 1.29 is 22.7 Å². The van der Waals surface area contributed by atoms with E-state index in [1.165, 1.54) is 0 Å². The van der Waals surface area contributed by atoms with E-state index in [0.29, 0.717) is 13.0 Å². The van der Waals surface area contributed by atoms with E-state index in [0.717, 1.165) is 0 Å². The van der Waals surface area contributed by atoms with Gasteiger partial charge in [0.25, 0.3) is 0 Å². The van der Waals surface area contributed by atoms with E-state index in [1.807, 2.05) is 13.8 Å². The number of rotatable bonds is 7. The average molecular weight is 491 g/mol. The second kappa shape index (κ2) is 7.81. The summed E-state index contributed by atoms with van der Waals surface area (Å²) in [4.78, 5) is 10.9. The molecule has 0 heterocycles. The first-order chi connectivity index (χ1) is 8.83. The summed E-state index contributed by atoms with van der Waals surface area (Å²) in [7, 11) is 0. The van der Waals surface area contributed by atoms with Crippen LogP contribution in [0.4, 0.5) is 13.2 Å². The van der Waals surface area contributed by atoms with Crippen LogP contribution in [-0.4, -0.2) is 26.8 Å². The number of hydrogen-bond acceptors (Lipinski definition) is 2. The van der Waals surface area contributed by atoms with Gasteiger partial charge in [0.2, 0.25) is 0 Å². The molecule has 0 aromatic carbocycles. The standard InChI is InChI=1S/C12H18Br3F3O2/c1-4-20-9(19)5-6-10(2,3)8(13)7-11(14,15)12(16,17)18/h8H,4-7H2,1-3H3. The molecular weight excluding hydrogens is 473 g/mol. The SMILES string of the molecule is CCOC(=O)CCC(C)(C)C(Br)CC(Br)(Br)C(F)(F)F. The minimum Gasteiger partial charge on any atom is -0.466 e. The third-order valence-electron chi connectivity index (χ3n) is 2.98. The Morgan fingerprint density at radius 2 is 1.75 bits per heavy atom. The number of alkyl halides is 6. The van der Waals surface area contributed by atoms with Crippen LogP contribution in [0.1, 0.15) is 40.0 Å². The molecule has 0 rings (SSSR count). The molecule has 20 heavy (non-hydrogen) atoms. The first kappa shape index (κ1) is 20.7. The van der Waals surface area contributed by atoms with E-state index in [2.05, 4.69) is 47.8 Å². The summed E-state index contributed by atoms with van der Waals surface area (Å²) in [5.74, 6) is -0.333. The summed E-state index contributed by atoms with van der Waals surface area (Å²) in [6, 6.07) is 0. The van der Waals surface area contributed by atoms with Crippen LogP contribution in [0.5, 0.6) is 0 Å². The molecule has 0 fully saturated rings. The molecule has 0 aliphatic heterocycles. The molecule has 0 aromatic rings. The Balaban J connectivity index is 4.59. The fourth-order valence-electron chi connectivity index (χ4n) is 1.43. The Kier molecular flexibility index (Phi) is 8.08. The molecule has 0 amide bonds. The Bertz CT molecular complexity index is 330. The van der Waals surface area contributed by atoms with Crippen molar-refractivity contribution in [2.24, 2.45) is 5.41 Å². The van der Waals surface area contributed by atoms with Crippen molar-refractivity contribution in [2.45, 2.75) is 54.3 Å². The molecule has 0 bridgehead atoms. The van der Waals surface area contributed by atoms with Gasteiger partial charge in [-0.25, -0.2) is 0 Å². The number of carbonyl (C=O) groups is 1. The normalized spacial score (nSPS) is 15.1. The highest BCUT2D eigenvalue weighted by Gasteiger charge is 2.53. The predicted octanol–water partition coefficient (Wildman–Crippen LogP) is 5.56. The van der Waals surface area contributed by atoms with Crippen molar-refractivity contribution in [1.29, 1.82) is 0 Å². The van der Waals surface area contributed by atoms with Crippen molar-refractivity contribution in [1.82, 2.24) is 0 Å². The zero-order valence-corrected chi connectivity index (χ0v) is 16.2. The number of halogens is 6. The van der Waals surface area contributed by atoms with Gasteiger partial charge in [-0.05, 0) is 25.2 Å². The number of hydrogen-bond donors (Lipinski definition) is 0. The zero-order chi connectivity index (χ0) is 16.2. The molecule has 0 aromatic heterocycles. The summed E-state index contributed by atoms with van der Waals surface area (Å²) in [6.07, 6.45) is -3.98. The van der Waals surface area contributed by atoms with Crippen LogP contribution in [-0.2, 0) is 9.53 Å². The van der Waals surface area contributed by atoms with Crippen molar-refractivity contribution in [2.75, 3.05) is 6.61 Å². The smallest absolute Gasteiger partial charge is 0.413 e. The van der Waals surface area contributed by atoms with Gasteiger partial charge in [-0.2, -0.15) is 13.2 Å². The zero-order valence-electron chi connectivity index (χ0n) is 11.5. The van der Waals surface area contributed by atoms with Crippen LogP contribution in [0.25, 0.3) is 0 Å². The molecule has 0 aliphatic carbocycles. The van der Waals surface area contributed by atoms with Crippen LogP contribution in [0.15, 0.2) is 0 Å². The Hall–Kier alpha value is 0.700. The maximum atomic E-state index is 12.8. The molecule has 0 spiro atoms. The van der Waals surface area contributed by atoms with Gasteiger partial charge in [0.15, 0.2) is 3.23 Å². The van der Waals surface area contributed by atoms with Gasteiger partial charge in [0, 0.05) is 11.2 Å². The van der Waals surface area contributed by atoms with E-state index < -0.39 is 19.7 Å². The Morgan fingerprint density at radius 3 is 2.15 bits per heavy atom. The highest BCUT2D eigenvalue weighted by molar-refractivity contribution is 9.25. The Labute approximate surface area is 142 Å². The topological polar surface area (TPSA) is 26.3 Å². The van der Waals surface area contributed by atoms with Gasteiger partial charge < -0.3 is 4.74 Å². The van der Waals surface area contributed by atoms with Gasteiger partial charge in [0.1, 0.15) is 0 Å². The summed E-state index contributed by atoms with van der Waals surface area (Å²) in [6.45, 7) is 5.65. The predicted molar refractivity (Wildman–Crippen MR) is 83.6 cm³/mol. The third-order valence-corrected chi connectivity index (χ3v) is 6.09. The van der Waals surface area contributed by atoms with Gasteiger partial charge in [-0.15, -0.1) is 0 Å². The van der Waals surface area contributed by atoms with Crippen molar-refractivity contribution in [3.8, 4) is 0 Å². The molecule has 1 unspecified atom stereocenters.